The van der Waals surface area contributed by atoms with E-state index in [4.69, 9.17) is 9.84 Å². The van der Waals surface area contributed by atoms with Crippen LogP contribution in [-0.2, 0) is 14.3 Å². The number of urea groups is 1. The van der Waals surface area contributed by atoms with E-state index in [-0.39, 0.29) is 19.1 Å². The van der Waals surface area contributed by atoms with Crippen LogP contribution in [0.4, 0.5) is 4.79 Å². The molecule has 0 aromatic heterocycles. The van der Waals surface area contributed by atoms with Gasteiger partial charge in [-0.2, -0.15) is 0 Å². The quantitative estimate of drug-likeness (QED) is 0.429. The number of rotatable bonds is 9. The molecule has 0 spiro atoms. The molecular formula is C12H23N3O5. The van der Waals surface area contributed by atoms with E-state index < -0.39 is 24.6 Å². The van der Waals surface area contributed by atoms with Gasteiger partial charge < -0.3 is 25.8 Å². The molecule has 0 fully saturated rings. The second-order valence-electron chi connectivity index (χ2n) is 4.71. The fourth-order valence-corrected chi connectivity index (χ4v) is 1.17. The number of carboxylic acids is 1. The molecule has 1 atom stereocenters. The van der Waals surface area contributed by atoms with Gasteiger partial charge >= 0.3 is 12.0 Å². The number of hydrogen-bond acceptors (Lipinski definition) is 4. The molecule has 0 radical (unpaired) electrons. The summed E-state index contributed by atoms with van der Waals surface area (Å²) in [4.78, 5) is 33.2. The lowest BCUT2D eigenvalue weighted by Gasteiger charge is -2.15. The number of amides is 3. The maximum atomic E-state index is 11.6. The van der Waals surface area contributed by atoms with Crippen LogP contribution in [0.15, 0.2) is 0 Å². The first-order chi connectivity index (χ1) is 9.32. The van der Waals surface area contributed by atoms with Crippen LogP contribution in [0, 0.1) is 5.92 Å². The third-order valence-electron chi connectivity index (χ3n) is 2.18. The standard InChI is InChI=1S/C12H23N3O5/c1-8(2)6-14-11(18)9(3)15-12(19)13-4-5-20-7-10(16)17/h8-9H,4-7H2,1-3H3,(H,14,18)(H,16,17)(H2,13,15,19). The number of aliphatic carboxylic acids is 1. The van der Waals surface area contributed by atoms with Crippen molar-refractivity contribution in [3.8, 4) is 0 Å². The molecule has 0 saturated carbocycles. The van der Waals surface area contributed by atoms with Crippen molar-refractivity contribution in [1.29, 1.82) is 0 Å². The Labute approximate surface area is 118 Å². The average molecular weight is 289 g/mol. The molecule has 116 valence electrons. The Balaban J connectivity index is 3.73. The van der Waals surface area contributed by atoms with Crippen molar-refractivity contribution in [2.24, 2.45) is 5.92 Å². The Kier molecular flexibility index (Phi) is 9.10. The van der Waals surface area contributed by atoms with Crippen LogP contribution in [0.2, 0.25) is 0 Å². The molecule has 20 heavy (non-hydrogen) atoms. The van der Waals surface area contributed by atoms with Crippen LogP contribution in [0.25, 0.3) is 0 Å². The van der Waals surface area contributed by atoms with Crippen molar-refractivity contribution in [3.63, 3.8) is 0 Å². The van der Waals surface area contributed by atoms with Gasteiger partial charge in [0.05, 0.1) is 6.61 Å². The third kappa shape index (κ3) is 10.1. The third-order valence-corrected chi connectivity index (χ3v) is 2.18. The highest BCUT2D eigenvalue weighted by atomic mass is 16.5. The lowest BCUT2D eigenvalue weighted by molar-refractivity contribution is -0.142. The Morgan fingerprint density at radius 3 is 2.35 bits per heavy atom. The van der Waals surface area contributed by atoms with Crippen LogP contribution in [0.5, 0.6) is 0 Å². The summed E-state index contributed by atoms with van der Waals surface area (Å²) in [5.74, 6) is -0.979. The van der Waals surface area contributed by atoms with E-state index in [9.17, 15) is 14.4 Å². The monoisotopic (exact) mass is 289 g/mol. The molecular weight excluding hydrogens is 266 g/mol. The van der Waals surface area contributed by atoms with Gasteiger partial charge in [-0.3, -0.25) is 4.79 Å². The molecule has 3 amide bonds. The molecule has 0 rings (SSSR count). The average Bonchev–Trinajstić information content (AvgIpc) is 2.34. The smallest absolute Gasteiger partial charge is 0.329 e. The Bertz CT molecular complexity index is 333. The number of hydrogen-bond donors (Lipinski definition) is 4. The largest absolute Gasteiger partial charge is 0.480 e. The zero-order chi connectivity index (χ0) is 15.5. The predicted molar refractivity (Wildman–Crippen MR) is 72.3 cm³/mol. The van der Waals surface area contributed by atoms with Gasteiger partial charge in [0.1, 0.15) is 12.6 Å². The lowest BCUT2D eigenvalue weighted by atomic mass is 10.2. The minimum atomic E-state index is -1.06. The maximum absolute atomic E-state index is 11.6. The highest BCUT2D eigenvalue weighted by Gasteiger charge is 2.14. The van der Waals surface area contributed by atoms with Crippen LogP contribution in [-0.4, -0.2) is 55.4 Å². The van der Waals surface area contributed by atoms with Crippen LogP contribution in [0.3, 0.4) is 0 Å². The van der Waals surface area contributed by atoms with E-state index in [0.29, 0.717) is 12.5 Å². The number of ether oxygens (including phenoxy) is 1. The molecule has 0 bridgehead atoms. The highest BCUT2D eigenvalue weighted by Crippen LogP contribution is 1.89. The summed E-state index contributed by atoms with van der Waals surface area (Å²) < 4.78 is 4.74. The van der Waals surface area contributed by atoms with Crippen molar-refractivity contribution in [2.75, 3.05) is 26.3 Å². The molecule has 0 aliphatic heterocycles. The fourth-order valence-electron chi connectivity index (χ4n) is 1.17. The molecule has 8 heteroatoms. The van der Waals surface area contributed by atoms with Crippen molar-refractivity contribution < 1.29 is 24.2 Å². The van der Waals surface area contributed by atoms with Crippen molar-refractivity contribution in [1.82, 2.24) is 16.0 Å². The molecule has 0 heterocycles. The molecule has 1 unspecified atom stereocenters. The molecule has 0 aliphatic carbocycles. The van der Waals surface area contributed by atoms with Gasteiger partial charge in [0.15, 0.2) is 0 Å². The van der Waals surface area contributed by atoms with Crippen LogP contribution >= 0.6 is 0 Å². The summed E-state index contributed by atoms with van der Waals surface area (Å²) >= 11 is 0. The number of carbonyl (C=O) groups is 3. The topological polar surface area (TPSA) is 117 Å². The Morgan fingerprint density at radius 2 is 1.80 bits per heavy atom. The van der Waals surface area contributed by atoms with E-state index in [0.717, 1.165) is 0 Å². The normalized spacial score (nSPS) is 11.8. The van der Waals surface area contributed by atoms with Crippen LogP contribution in [0.1, 0.15) is 20.8 Å². The second kappa shape index (κ2) is 10.0. The second-order valence-corrected chi connectivity index (χ2v) is 4.71. The van der Waals surface area contributed by atoms with Gasteiger partial charge in [-0.05, 0) is 12.8 Å². The van der Waals surface area contributed by atoms with Gasteiger partial charge in [0.25, 0.3) is 0 Å². The molecule has 0 aromatic carbocycles. The summed E-state index contributed by atoms with van der Waals surface area (Å²) in [6.45, 7) is 5.93. The zero-order valence-electron chi connectivity index (χ0n) is 12.1. The van der Waals surface area contributed by atoms with Gasteiger partial charge in [-0.15, -0.1) is 0 Å². The van der Waals surface area contributed by atoms with E-state index in [2.05, 4.69) is 16.0 Å². The number of carbonyl (C=O) groups excluding carboxylic acids is 2. The molecule has 0 aliphatic rings. The Morgan fingerprint density at radius 1 is 1.15 bits per heavy atom. The van der Waals surface area contributed by atoms with Crippen molar-refractivity contribution in [3.05, 3.63) is 0 Å². The first kappa shape index (κ1) is 18.2. The van der Waals surface area contributed by atoms with E-state index >= 15 is 0 Å². The van der Waals surface area contributed by atoms with Crippen LogP contribution < -0.4 is 16.0 Å². The van der Waals surface area contributed by atoms with Crippen molar-refractivity contribution in [2.45, 2.75) is 26.8 Å². The summed E-state index contributed by atoms with van der Waals surface area (Å²) in [5.41, 5.74) is 0. The van der Waals surface area contributed by atoms with Gasteiger partial charge in [-0.1, -0.05) is 13.8 Å². The highest BCUT2D eigenvalue weighted by molar-refractivity contribution is 5.86. The molecule has 8 nitrogen and oxygen atoms in total. The predicted octanol–water partition coefficient (Wildman–Crippen LogP) is -0.452. The fraction of sp³-hybridized carbons (Fsp3) is 0.750. The molecule has 0 aromatic rings. The summed E-state index contributed by atoms with van der Waals surface area (Å²) in [7, 11) is 0. The molecule has 4 N–H and O–H groups in total. The van der Waals surface area contributed by atoms with E-state index in [1.54, 1.807) is 6.92 Å². The van der Waals surface area contributed by atoms with Crippen molar-refractivity contribution >= 4 is 17.9 Å². The minimum absolute atomic E-state index is 0.0909. The lowest BCUT2D eigenvalue weighted by Crippen LogP contribution is -2.49. The first-order valence-electron chi connectivity index (χ1n) is 6.44. The summed E-state index contributed by atoms with van der Waals surface area (Å²) in [6, 6.07) is -1.15. The van der Waals surface area contributed by atoms with E-state index in [1.807, 2.05) is 13.8 Å². The summed E-state index contributed by atoms with van der Waals surface area (Å²) in [5, 5.41) is 16.0. The minimum Gasteiger partial charge on any atom is -0.480 e. The van der Waals surface area contributed by atoms with E-state index in [1.165, 1.54) is 0 Å². The number of carboxylic acid groups (broad SMARTS) is 1. The maximum Gasteiger partial charge on any atom is 0.329 e. The Hall–Kier alpha value is -1.83. The van der Waals surface area contributed by atoms with Gasteiger partial charge in [0.2, 0.25) is 5.91 Å². The SMILES string of the molecule is CC(C)CNC(=O)C(C)NC(=O)NCCOCC(=O)O. The zero-order valence-corrected chi connectivity index (χ0v) is 12.1. The molecule has 0 saturated heterocycles. The number of nitrogens with one attached hydrogen (secondary N) is 3. The van der Waals surface area contributed by atoms with Gasteiger partial charge in [0, 0.05) is 13.1 Å². The first-order valence-corrected chi connectivity index (χ1v) is 6.44. The summed E-state index contributed by atoms with van der Waals surface area (Å²) in [6.07, 6.45) is 0. The van der Waals surface area contributed by atoms with Gasteiger partial charge in [-0.25, -0.2) is 9.59 Å².